The van der Waals surface area contributed by atoms with E-state index in [1.807, 2.05) is 0 Å². The minimum absolute atomic E-state index is 0.0120. The highest BCUT2D eigenvalue weighted by Gasteiger charge is 2.33. The third-order valence-corrected chi connectivity index (χ3v) is 6.15. The Morgan fingerprint density at radius 1 is 0.522 bits per heavy atom. The van der Waals surface area contributed by atoms with E-state index in [1.165, 1.54) is 20.8 Å². The molecule has 3 aliphatic heterocycles. The molecule has 0 amide bonds. The standard InChI is InChI=1S/C17H14O10.C12H12O7/c1-7(13(19)25-6-11-9(3)15(21)27-17(11)23)4-12(18)24-5-10-8(2)14(20)26-16(10)22;1-6(10(14)17-3)4-9(13)18-5-8-7(2)11(15)19-12(8)16/h1,4-6H2,2-3H3;1,4-5H2,2-3H3. The summed E-state index contributed by atoms with van der Waals surface area (Å²) in [5, 5.41) is 0. The summed E-state index contributed by atoms with van der Waals surface area (Å²) in [5.74, 6) is -8.38. The van der Waals surface area contributed by atoms with Crippen LogP contribution in [0.25, 0.3) is 0 Å². The van der Waals surface area contributed by atoms with Crippen LogP contribution in [0.4, 0.5) is 0 Å². The second-order valence-corrected chi connectivity index (χ2v) is 9.29. The fraction of sp³-hybridized carbons (Fsp3) is 0.310. The van der Waals surface area contributed by atoms with Crippen LogP contribution < -0.4 is 0 Å². The van der Waals surface area contributed by atoms with Gasteiger partial charge >= 0.3 is 59.7 Å². The first-order valence-electron chi connectivity index (χ1n) is 12.8. The van der Waals surface area contributed by atoms with Gasteiger partial charge in [-0.05, 0) is 20.8 Å². The fourth-order valence-electron chi connectivity index (χ4n) is 3.28. The summed E-state index contributed by atoms with van der Waals surface area (Å²) in [5.41, 5.74) is -0.377. The lowest BCUT2D eigenvalue weighted by Gasteiger charge is -2.07. The second kappa shape index (κ2) is 15.6. The summed E-state index contributed by atoms with van der Waals surface area (Å²) in [7, 11) is 1.16. The smallest absolute Gasteiger partial charge is 0.345 e. The SMILES string of the molecule is C=C(CC(=O)OCC1=C(C)C(=O)OC1=O)C(=O)OC.C=C(CC(=O)OCC1=C(C)C(=O)OC1=O)C(=O)OCC1=C(C)C(=O)OC1=O. The number of esters is 10. The maximum atomic E-state index is 11.8. The number of methoxy groups -OCH3 is 1. The first-order chi connectivity index (χ1) is 21.5. The van der Waals surface area contributed by atoms with Gasteiger partial charge in [-0.3, -0.25) is 9.59 Å². The van der Waals surface area contributed by atoms with E-state index in [2.05, 4.69) is 32.1 Å². The van der Waals surface area contributed by atoms with Gasteiger partial charge in [0.25, 0.3) is 0 Å². The number of carbonyl (C=O) groups excluding carboxylic acids is 10. The van der Waals surface area contributed by atoms with Crippen LogP contribution in [-0.2, 0) is 81.1 Å². The predicted molar refractivity (Wildman–Crippen MR) is 144 cm³/mol. The largest absolute Gasteiger partial charge is 0.466 e. The van der Waals surface area contributed by atoms with Crippen molar-refractivity contribution in [3.63, 3.8) is 0 Å². The van der Waals surface area contributed by atoms with Crippen molar-refractivity contribution in [1.29, 1.82) is 0 Å². The molecule has 17 nitrogen and oxygen atoms in total. The molecule has 0 atom stereocenters. The number of carbonyl (C=O) groups is 10. The highest BCUT2D eigenvalue weighted by Crippen LogP contribution is 2.20. The quantitative estimate of drug-likeness (QED) is 0.116. The molecule has 244 valence electrons. The number of ether oxygens (including phenoxy) is 7. The molecule has 3 rings (SSSR count). The zero-order chi connectivity index (χ0) is 34.9. The van der Waals surface area contributed by atoms with Crippen LogP contribution in [-0.4, -0.2) is 86.6 Å². The van der Waals surface area contributed by atoms with Crippen molar-refractivity contribution in [2.45, 2.75) is 33.6 Å². The van der Waals surface area contributed by atoms with Gasteiger partial charge in [-0.15, -0.1) is 0 Å². The van der Waals surface area contributed by atoms with Gasteiger partial charge in [-0.1, -0.05) is 13.2 Å². The zero-order valence-electron chi connectivity index (χ0n) is 24.9. The summed E-state index contributed by atoms with van der Waals surface area (Å²) >= 11 is 0. The average Bonchev–Trinajstić information content (AvgIpc) is 3.49. The molecule has 0 aromatic carbocycles. The Hall–Kier alpha value is -6.00. The van der Waals surface area contributed by atoms with Gasteiger partial charge in [-0.25, -0.2) is 38.4 Å². The molecule has 0 fully saturated rings. The summed E-state index contributed by atoms with van der Waals surface area (Å²) in [6.45, 7) is 9.44. The minimum atomic E-state index is -0.981. The van der Waals surface area contributed by atoms with E-state index >= 15 is 0 Å². The van der Waals surface area contributed by atoms with E-state index in [0.717, 1.165) is 7.11 Å². The number of rotatable bonds is 12. The summed E-state index contributed by atoms with van der Waals surface area (Å²) in [6, 6.07) is 0. The molecule has 46 heavy (non-hydrogen) atoms. The van der Waals surface area contributed by atoms with E-state index in [-0.39, 0.29) is 57.6 Å². The van der Waals surface area contributed by atoms with E-state index in [4.69, 9.17) is 14.2 Å². The van der Waals surface area contributed by atoms with Crippen molar-refractivity contribution in [1.82, 2.24) is 0 Å². The summed E-state index contributed by atoms with van der Waals surface area (Å²) < 4.78 is 31.8. The van der Waals surface area contributed by atoms with Crippen molar-refractivity contribution in [3.05, 3.63) is 57.7 Å². The third kappa shape index (κ3) is 9.25. The molecule has 0 bridgehead atoms. The maximum Gasteiger partial charge on any atom is 0.345 e. The van der Waals surface area contributed by atoms with Crippen LogP contribution in [0, 0.1) is 0 Å². The normalized spacial score (nSPS) is 15.6. The second-order valence-electron chi connectivity index (χ2n) is 9.29. The van der Waals surface area contributed by atoms with Crippen LogP contribution in [0.15, 0.2) is 57.7 Å². The Morgan fingerprint density at radius 2 is 0.826 bits per heavy atom. The Balaban J connectivity index is 0.000000341. The van der Waals surface area contributed by atoms with Gasteiger partial charge in [0.2, 0.25) is 0 Å². The average molecular weight is 647 g/mol. The molecule has 0 aromatic heterocycles. The van der Waals surface area contributed by atoms with Gasteiger partial charge in [0.15, 0.2) is 0 Å². The van der Waals surface area contributed by atoms with Crippen molar-refractivity contribution in [2.24, 2.45) is 0 Å². The van der Waals surface area contributed by atoms with Gasteiger partial charge < -0.3 is 33.2 Å². The van der Waals surface area contributed by atoms with Crippen LogP contribution in [0.5, 0.6) is 0 Å². The van der Waals surface area contributed by atoms with Gasteiger partial charge in [0.1, 0.15) is 19.8 Å². The first-order valence-corrected chi connectivity index (χ1v) is 12.8. The predicted octanol–water partition coefficient (Wildman–Crippen LogP) is -0.132. The molecule has 0 radical (unpaired) electrons. The van der Waals surface area contributed by atoms with Crippen LogP contribution in [0.2, 0.25) is 0 Å². The molecule has 3 heterocycles. The molecule has 0 saturated heterocycles. The van der Waals surface area contributed by atoms with Crippen molar-refractivity contribution >= 4 is 59.7 Å². The van der Waals surface area contributed by atoms with Crippen molar-refractivity contribution in [2.75, 3.05) is 26.9 Å². The van der Waals surface area contributed by atoms with E-state index in [9.17, 15) is 47.9 Å². The zero-order valence-corrected chi connectivity index (χ0v) is 24.9. The van der Waals surface area contributed by atoms with Crippen molar-refractivity contribution < 1.29 is 81.1 Å². The van der Waals surface area contributed by atoms with Crippen LogP contribution >= 0.6 is 0 Å². The molecule has 0 N–H and O–H groups in total. The number of cyclic esters (lactones) is 6. The van der Waals surface area contributed by atoms with Gasteiger partial charge in [0, 0.05) is 27.9 Å². The highest BCUT2D eigenvalue weighted by atomic mass is 16.6. The molecule has 17 heteroatoms. The molecule has 0 spiro atoms. The lowest BCUT2D eigenvalue weighted by Crippen LogP contribution is -2.17. The Labute approximate surface area is 259 Å². The van der Waals surface area contributed by atoms with E-state index in [0.29, 0.717) is 0 Å². The van der Waals surface area contributed by atoms with E-state index < -0.39 is 79.3 Å². The third-order valence-electron chi connectivity index (χ3n) is 6.15. The Morgan fingerprint density at radius 3 is 1.11 bits per heavy atom. The molecule has 0 unspecified atom stereocenters. The van der Waals surface area contributed by atoms with Gasteiger partial charge in [0.05, 0.1) is 36.7 Å². The monoisotopic (exact) mass is 646 g/mol. The van der Waals surface area contributed by atoms with Crippen LogP contribution in [0.1, 0.15) is 33.6 Å². The summed E-state index contributed by atoms with van der Waals surface area (Å²) in [6.07, 6.45) is -0.905. The fourth-order valence-corrected chi connectivity index (χ4v) is 3.28. The highest BCUT2D eigenvalue weighted by molar-refractivity contribution is 6.13. The molecule has 0 saturated carbocycles. The summed E-state index contributed by atoms with van der Waals surface area (Å²) in [4.78, 5) is 113. The maximum absolute atomic E-state index is 11.8. The number of hydrogen-bond acceptors (Lipinski definition) is 17. The Kier molecular flexibility index (Phi) is 12.3. The molecule has 0 aliphatic carbocycles. The Bertz CT molecular complexity index is 1580. The minimum Gasteiger partial charge on any atom is -0.466 e. The van der Waals surface area contributed by atoms with E-state index in [1.54, 1.807) is 0 Å². The topological polar surface area (TPSA) is 235 Å². The molecular weight excluding hydrogens is 620 g/mol. The molecule has 0 aromatic rings. The van der Waals surface area contributed by atoms with Gasteiger partial charge in [-0.2, -0.15) is 0 Å². The first kappa shape index (κ1) is 36.2. The lowest BCUT2D eigenvalue weighted by atomic mass is 10.1. The molecular formula is C29H26O17. The number of hydrogen-bond donors (Lipinski definition) is 0. The lowest BCUT2D eigenvalue weighted by molar-refractivity contribution is -0.153. The van der Waals surface area contributed by atoms with Crippen LogP contribution in [0.3, 0.4) is 0 Å². The molecule has 3 aliphatic rings. The van der Waals surface area contributed by atoms with Crippen molar-refractivity contribution in [3.8, 4) is 0 Å².